The number of hydrogen-bond acceptors (Lipinski definition) is 4. The van der Waals surface area contributed by atoms with Crippen molar-refractivity contribution >= 4 is 16.7 Å². The summed E-state index contributed by atoms with van der Waals surface area (Å²) in [4.78, 5) is 20.6. The number of fused-ring (bicyclic) bond motifs is 1. The van der Waals surface area contributed by atoms with Crippen LogP contribution in [0.5, 0.6) is 0 Å². The van der Waals surface area contributed by atoms with E-state index in [0.717, 1.165) is 16.5 Å². The minimum Gasteiger partial charge on any atom is -0.361 e. The number of aromatic nitrogens is 3. The molecular weight excluding hydrogens is 264 g/mol. The third kappa shape index (κ3) is 2.63. The third-order valence-corrected chi connectivity index (χ3v) is 3.42. The van der Waals surface area contributed by atoms with Gasteiger partial charge in [-0.25, -0.2) is 4.98 Å². The second-order valence-electron chi connectivity index (χ2n) is 4.71. The van der Waals surface area contributed by atoms with E-state index in [9.17, 15) is 4.79 Å². The minimum absolute atomic E-state index is 0.104. The number of anilines is 1. The van der Waals surface area contributed by atoms with E-state index in [4.69, 9.17) is 0 Å². The summed E-state index contributed by atoms with van der Waals surface area (Å²) in [5.74, 6) is 0.368. The molecule has 0 aliphatic carbocycles. The molecule has 0 fully saturated rings. The first kappa shape index (κ1) is 13.3. The molecule has 0 atom stereocenters. The Kier molecular flexibility index (Phi) is 3.64. The Bertz CT molecular complexity index is 820. The highest BCUT2D eigenvalue weighted by Gasteiger charge is 2.05. The highest BCUT2D eigenvalue weighted by molar-refractivity contribution is 5.81. The molecule has 21 heavy (non-hydrogen) atoms. The van der Waals surface area contributed by atoms with Gasteiger partial charge in [0.25, 0.3) is 5.56 Å². The molecular formula is C16H16N4O. The number of benzene rings is 1. The van der Waals surface area contributed by atoms with Crippen LogP contribution in [-0.2, 0) is 13.1 Å². The van der Waals surface area contributed by atoms with Crippen LogP contribution in [0.1, 0.15) is 12.5 Å². The maximum absolute atomic E-state index is 12.1. The first-order valence-electron chi connectivity index (χ1n) is 6.91. The lowest BCUT2D eigenvalue weighted by molar-refractivity contribution is 0.718. The second-order valence-corrected chi connectivity index (χ2v) is 4.71. The van der Waals surface area contributed by atoms with Crippen LogP contribution >= 0.6 is 0 Å². The van der Waals surface area contributed by atoms with Crippen LogP contribution in [0.15, 0.2) is 53.7 Å². The molecule has 0 aliphatic rings. The molecule has 5 heteroatoms. The molecule has 0 saturated heterocycles. The van der Waals surface area contributed by atoms with Gasteiger partial charge < -0.3 is 9.88 Å². The predicted molar refractivity (Wildman–Crippen MR) is 83.2 cm³/mol. The lowest BCUT2D eigenvalue weighted by atomic mass is 10.1. The lowest BCUT2D eigenvalue weighted by Gasteiger charge is -2.09. The molecule has 2 aromatic heterocycles. The molecule has 0 radical (unpaired) electrons. The van der Waals surface area contributed by atoms with Crippen molar-refractivity contribution in [3.05, 3.63) is 64.8 Å². The largest absolute Gasteiger partial charge is 0.361 e. The Balaban J connectivity index is 1.89. The number of rotatable bonds is 4. The van der Waals surface area contributed by atoms with Gasteiger partial charge in [-0.15, -0.1) is 0 Å². The van der Waals surface area contributed by atoms with Gasteiger partial charge in [-0.3, -0.25) is 9.78 Å². The SMILES string of the molecule is CCn1ccnc(NCc2cccc3cccnc23)c1=O. The average Bonchev–Trinajstić information content (AvgIpc) is 2.54. The summed E-state index contributed by atoms with van der Waals surface area (Å²) in [5, 5.41) is 4.20. The second kappa shape index (κ2) is 5.75. The molecule has 2 heterocycles. The van der Waals surface area contributed by atoms with Crippen molar-refractivity contribution < 1.29 is 0 Å². The molecule has 106 valence electrons. The van der Waals surface area contributed by atoms with Crippen LogP contribution in [-0.4, -0.2) is 14.5 Å². The molecule has 3 aromatic rings. The van der Waals surface area contributed by atoms with Gasteiger partial charge in [-0.05, 0) is 18.6 Å². The fraction of sp³-hybridized carbons (Fsp3) is 0.188. The molecule has 0 unspecified atom stereocenters. The topological polar surface area (TPSA) is 59.8 Å². The maximum Gasteiger partial charge on any atom is 0.293 e. The fourth-order valence-corrected chi connectivity index (χ4v) is 2.31. The first-order valence-corrected chi connectivity index (χ1v) is 6.91. The highest BCUT2D eigenvalue weighted by atomic mass is 16.1. The van der Waals surface area contributed by atoms with Crippen molar-refractivity contribution in [2.24, 2.45) is 0 Å². The molecule has 0 bridgehead atoms. The van der Waals surface area contributed by atoms with E-state index >= 15 is 0 Å². The van der Waals surface area contributed by atoms with Crippen LogP contribution in [0, 0.1) is 0 Å². The Hall–Kier alpha value is -2.69. The maximum atomic E-state index is 12.1. The Labute approximate surface area is 122 Å². The molecule has 5 nitrogen and oxygen atoms in total. The standard InChI is InChI=1S/C16H16N4O/c1-2-20-10-9-18-15(16(20)21)19-11-13-6-3-5-12-7-4-8-17-14(12)13/h3-10H,2,11H2,1H3,(H,18,19). The summed E-state index contributed by atoms with van der Waals surface area (Å²) in [7, 11) is 0. The van der Waals surface area contributed by atoms with Crippen molar-refractivity contribution in [1.29, 1.82) is 0 Å². The molecule has 0 amide bonds. The Morgan fingerprint density at radius 1 is 1.14 bits per heavy atom. The van der Waals surface area contributed by atoms with Gasteiger partial charge in [-0.1, -0.05) is 24.3 Å². The van der Waals surface area contributed by atoms with Gasteiger partial charge in [0, 0.05) is 37.1 Å². The Morgan fingerprint density at radius 3 is 2.86 bits per heavy atom. The summed E-state index contributed by atoms with van der Waals surface area (Å²) in [6.45, 7) is 3.08. The predicted octanol–water partition coefficient (Wildman–Crippen LogP) is 2.42. The zero-order valence-electron chi connectivity index (χ0n) is 11.8. The van der Waals surface area contributed by atoms with Gasteiger partial charge in [0.05, 0.1) is 5.52 Å². The van der Waals surface area contributed by atoms with Gasteiger partial charge in [0.1, 0.15) is 0 Å². The monoisotopic (exact) mass is 280 g/mol. The lowest BCUT2D eigenvalue weighted by Crippen LogP contribution is -2.23. The number of nitrogens with one attached hydrogen (secondary N) is 1. The smallest absolute Gasteiger partial charge is 0.293 e. The molecule has 0 saturated carbocycles. The van der Waals surface area contributed by atoms with Crippen LogP contribution in [0.2, 0.25) is 0 Å². The van der Waals surface area contributed by atoms with Crippen molar-refractivity contribution in [3.8, 4) is 0 Å². The highest BCUT2D eigenvalue weighted by Crippen LogP contribution is 2.16. The van der Waals surface area contributed by atoms with Crippen molar-refractivity contribution in [2.45, 2.75) is 20.0 Å². The van der Waals surface area contributed by atoms with Gasteiger partial charge in [0.2, 0.25) is 0 Å². The van der Waals surface area contributed by atoms with E-state index in [-0.39, 0.29) is 5.56 Å². The number of para-hydroxylation sites is 1. The van der Waals surface area contributed by atoms with Crippen LogP contribution in [0.4, 0.5) is 5.82 Å². The molecule has 0 aliphatic heterocycles. The van der Waals surface area contributed by atoms with E-state index in [0.29, 0.717) is 18.9 Å². The van der Waals surface area contributed by atoms with Crippen LogP contribution < -0.4 is 10.9 Å². The van der Waals surface area contributed by atoms with E-state index in [1.807, 2.05) is 37.3 Å². The summed E-state index contributed by atoms with van der Waals surface area (Å²) in [6, 6.07) is 9.96. The van der Waals surface area contributed by atoms with Gasteiger partial charge in [0.15, 0.2) is 5.82 Å². The van der Waals surface area contributed by atoms with E-state index in [1.54, 1.807) is 23.2 Å². The summed E-state index contributed by atoms with van der Waals surface area (Å²) in [6.07, 6.45) is 5.10. The molecule has 1 N–H and O–H groups in total. The van der Waals surface area contributed by atoms with E-state index in [1.165, 1.54) is 0 Å². The normalized spacial score (nSPS) is 10.7. The van der Waals surface area contributed by atoms with Crippen molar-refractivity contribution in [2.75, 3.05) is 5.32 Å². The first-order chi connectivity index (χ1) is 10.3. The van der Waals surface area contributed by atoms with Crippen molar-refractivity contribution in [3.63, 3.8) is 0 Å². The fourth-order valence-electron chi connectivity index (χ4n) is 2.31. The van der Waals surface area contributed by atoms with Gasteiger partial charge in [-0.2, -0.15) is 0 Å². The Morgan fingerprint density at radius 2 is 2.00 bits per heavy atom. The third-order valence-electron chi connectivity index (χ3n) is 3.42. The number of hydrogen-bond donors (Lipinski definition) is 1. The summed E-state index contributed by atoms with van der Waals surface area (Å²) >= 11 is 0. The molecule has 1 aromatic carbocycles. The molecule has 3 rings (SSSR count). The minimum atomic E-state index is -0.104. The van der Waals surface area contributed by atoms with E-state index < -0.39 is 0 Å². The van der Waals surface area contributed by atoms with Crippen LogP contribution in [0.25, 0.3) is 10.9 Å². The molecule has 0 spiro atoms. The number of aryl methyl sites for hydroxylation is 1. The summed E-state index contributed by atoms with van der Waals surface area (Å²) < 4.78 is 1.62. The zero-order valence-corrected chi connectivity index (χ0v) is 11.8. The summed E-state index contributed by atoms with van der Waals surface area (Å²) in [5.41, 5.74) is 1.88. The number of pyridine rings is 1. The average molecular weight is 280 g/mol. The number of nitrogens with zero attached hydrogens (tertiary/aromatic N) is 3. The van der Waals surface area contributed by atoms with Crippen LogP contribution in [0.3, 0.4) is 0 Å². The van der Waals surface area contributed by atoms with Gasteiger partial charge >= 0.3 is 0 Å². The quantitative estimate of drug-likeness (QED) is 0.797. The van der Waals surface area contributed by atoms with E-state index in [2.05, 4.69) is 15.3 Å². The zero-order chi connectivity index (χ0) is 14.7. The van der Waals surface area contributed by atoms with Crippen molar-refractivity contribution in [1.82, 2.24) is 14.5 Å².